The van der Waals surface area contributed by atoms with E-state index in [2.05, 4.69) is 31.9 Å². The van der Waals surface area contributed by atoms with Gasteiger partial charge in [-0.3, -0.25) is 67.1 Å². The zero-order valence-electron chi connectivity index (χ0n) is 33.5. The van der Waals surface area contributed by atoms with Gasteiger partial charge in [0.05, 0.1) is 37.0 Å². The molecule has 0 aromatic rings. The Bertz CT molecular complexity index is 1510. The van der Waals surface area contributed by atoms with E-state index in [4.69, 9.17) is 0 Å². The molecule has 20 nitrogen and oxygen atoms in total. The van der Waals surface area contributed by atoms with Gasteiger partial charge in [0.25, 0.3) is 0 Å². The first-order chi connectivity index (χ1) is 26.3. The Morgan fingerprint density at radius 2 is 0.526 bits per heavy atom. The summed E-state index contributed by atoms with van der Waals surface area (Å²) in [4.78, 5) is 173. The van der Waals surface area contributed by atoms with Crippen LogP contribution in [-0.2, 0) is 67.1 Å². The molecule has 0 fully saturated rings. The normalized spacial score (nSPS) is 13.8. The van der Waals surface area contributed by atoms with Gasteiger partial charge in [-0.25, -0.2) is 0 Å². The zero-order chi connectivity index (χ0) is 44.2. The van der Waals surface area contributed by atoms with Gasteiger partial charge in [-0.05, 0) is 61.8 Å². The molecule has 0 aliphatic rings. The number of carbonyl (C=O) groups is 14. The molecule has 6 N–H and O–H groups in total. The van der Waals surface area contributed by atoms with Gasteiger partial charge in [0.2, 0.25) is 35.4 Å². The molecule has 0 aromatic heterocycles. The Kier molecular flexibility index (Phi) is 22.8. The third kappa shape index (κ3) is 22.4. The van der Waals surface area contributed by atoms with Crippen molar-refractivity contribution in [2.24, 2.45) is 0 Å². The molecule has 0 rings (SSSR count). The quantitative estimate of drug-likeness (QED) is 0.0504. The summed E-state index contributed by atoms with van der Waals surface area (Å²) in [5, 5.41) is 13.9. The van der Waals surface area contributed by atoms with Crippen molar-refractivity contribution in [3.05, 3.63) is 0 Å². The molecular weight excluding hydrogens is 752 g/mol. The van der Waals surface area contributed by atoms with E-state index >= 15 is 0 Å². The van der Waals surface area contributed by atoms with E-state index < -0.39 is 144 Å². The maximum atomic E-state index is 13.2. The summed E-state index contributed by atoms with van der Waals surface area (Å²) >= 11 is 0. The van der Waals surface area contributed by atoms with Gasteiger partial charge in [0.15, 0.2) is 23.1 Å². The van der Waals surface area contributed by atoms with Crippen molar-refractivity contribution in [2.75, 3.05) is 0 Å². The van der Waals surface area contributed by atoms with Crippen LogP contribution in [0.15, 0.2) is 0 Å². The number of rotatable bonds is 28. The Hall–Kier alpha value is -5.82. The van der Waals surface area contributed by atoms with Crippen LogP contribution in [0.25, 0.3) is 0 Å². The summed E-state index contributed by atoms with van der Waals surface area (Å²) in [6, 6.07) is -8.30. The summed E-state index contributed by atoms with van der Waals surface area (Å²) in [7, 11) is 0. The molecule has 0 saturated heterocycles. The molecule has 0 aromatic carbocycles. The molecule has 0 heterocycles. The van der Waals surface area contributed by atoms with Gasteiger partial charge in [0, 0.05) is 38.5 Å². The first-order valence-corrected chi connectivity index (χ1v) is 18.1. The molecule has 316 valence electrons. The van der Waals surface area contributed by atoms with Crippen LogP contribution >= 0.6 is 0 Å². The summed E-state index contributed by atoms with van der Waals surface area (Å²) in [6.07, 6.45) is -4.07. The summed E-state index contributed by atoms with van der Waals surface area (Å²) in [5.74, 6) is -9.61. The fourth-order valence-corrected chi connectivity index (χ4v) is 5.12. The Labute approximate surface area is 329 Å². The van der Waals surface area contributed by atoms with Gasteiger partial charge in [-0.15, -0.1) is 0 Å². The van der Waals surface area contributed by atoms with Crippen LogP contribution in [0.1, 0.15) is 113 Å². The van der Waals surface area contributed by atoms with Crippen molar-refractivity contribution in [1.29, 1.82) is 0 Å². The van der Waals surface area contributed by atoms with Gasteiger partial charge in [-0.2, -0.15) is 0 Å². The average molecular weight is 807 g/mol. The minimum atomic E-state index is -1.65. The summed E-state index contributed by atoms with van der Waals surface area (Å²) < 4.78 is 0. The number of nitrogens with one attached hydrogen (secondary N) is 6. The fourth-order valence-electron chi connectivity index (χ4n) is 5.12. The van der Waals surface area contributed by atoms with Crippen LogP contribution < -0.4 is 31.9 Å². The maximum absolute atomic E-state index is 13.2. The highest BCUT2D eigenvalue weighted by Gasteiger charge is 2.31. The molecule has 0 aliphatic carbocycles. The first-order valence-electron chi connectivity index (χ1n) is 18.1. The number of hydrogen-bond donors (Lipinski definition) is 6. The van der Waals surface area contributed by atoms with Crippen molar-refractivity contribution in [2.45, 2.75) is 149 Å². The zero-order valence-corrected chi connectivity index (χ0v) is 33.5. The lowest BCUT2D eigenvalue weighted by molar-refractivity contribution is -0.135. The van der Waals surface area contributed by atoms with E-state index in [-0.39, 0.29) is 32.1 Å². The highest BCUT2D eigenvalue weighted by molar-refractivity contribution is 5.99. The Morgan fingerprint density at radius 1 is 0.298 bits per heavy atom. The highest BCUT2D eigenvalue weighted by Crippen LogP contribution is 2.07. The molecule has 20 heteroatoms. The van der Waals surface area contributed by atoms with E-state index in [9.17, 15) is 67.1 Å². The fraction of sp³-hybridized carbons (Fsp3) is 0.622. The molecule has 6 amide bonds. The van der Waals surface area contributed by atoms with Crippen LogP contribution in [0.4, 0.5) is 0 Å². The van der Waals surface area contributed by atoms with Gasteiger partial charge < -0.3 is 31.9 Å². The van der Waals surface area contributed by atoms with Crippen LogP contribution in [-0.4, -0.2) is 118 Å². The first kappa shape index (κ1) is 51.2. The minimum Gasteiger partial charge on any atom is -0.346 e. The molecule has 0 bridgehead atoms. The van der Waals surface area contributed by atoms with Gasteiger partial charge in [0.1, 0.15) is 35.2 Å². The largest absolute Gasteiger partial charge is 0.346 e. The van der Waals surface area contributed by atoms with Crippen LogP contribution in [0.3, 0.4) is 0 Å². The molecule has 6 atom stereocenters. The van der Waals surface area contributed by atoms with E-state index in [1.165, 1.54) is 27.7 Å². The molecule has 57 heavy (non-hydrogen) atoms. The Morgan fingerprint density at radius 3 is 0.754 bits per heavy atom. The van der Waals surface area contributed by atoms with Crippen molar-refractivity contribution < 1.29 is 67.1 Å². The smallest absolute Gasteiger partial charge is 0.243 e. The van der Waals surface area contributed by atoms with Gasteiger partial charge in [-0.1, -0.05) is 0 Å². The van der Waals surface area contributed by atoms with Crippen LogP contribution in [0.2, 0.25) is 0 Å². The number of hydrogen-bond acceptors (Lipinski definition) is 14. The van der Waals surface area contributed by atoms with E-state index in [1.54, 1.807) is 0 Å². The summed E-state index contributed by atoms with van der Waals surface area (Å²) in [5.41, 5.74) is 0. The van der Waals surface area contributed by atoms with Gasteiger partial charge >= 0.3 is 0 Å². The number of Topliss-reactive ketones (excluding diaryl/α,β-unsaturated/α-hetero) is 8. The highest BCUT2D eigenvalue weighted by atomic mass is 16.2. The molecule has 0 saturated carbocycles. The minimum absolute atomic E-state index is 0.227. The predicted octanol–water partition coefficient (Wildman–Crippen LogP) is -1.88. The SMILES string of the molecule is CC(=O)CC(NC(=O)CC(NC(=O)CCCC(=O)NC(CC(=O)NC(CC(C)=O)C(C)=O)C(=O)NC(CC(C)=O)C(C)=O)C(=O)NC(CC(C)=O)C(C)=O)C(C)=O. The molecule has 0 spiro atoms. The van der Waals surface area contributed by atoms with E-state index in [0.29, 0.717) is 0 Å². The lowest BCUT2D eigenvalue weighted by Crippen LogP contribution is -2.54. The molecule has 0 radical (unpaired) electrons. The second-order valence-corrected chi connectivity index (χ2v) is 13.9. The molecular formula is C37H54N6O14. The second-order valence-electron chi connectivity index (χ2n) is 13.9. The van der Waals surface area contributed by atoms with Crippen molar-refractivity contribution in [3.8, 4) is 0 Å². The van der Waals surface area contributed by atoms with Crippen molar-refractivity contribution in [3.63, 3.8) is 0 Å². The topological polar surface area (TPSA) is 311 Å². The predicted molar refractivity (Wildman–Crippen MR) is 199 cm³/mol. The molecule has 0 aliphatic heterocycles. The average Bonchev–Trinajstić information content (AvgIpc) is 3.05. The van der Waals surface area contributed by atoms with Crippen LogP contribution in [0.5, 0.6) is 0 Å². The maximum Gasteiger partial charge on any atom is 0.243 e. The van der Waals surface area contributed by atoms with Crippen LogP contribution in [0, 0.1) is 0 Å². The number of ketones is 8. The van der Waals surface area contributed by atoms with E-state index in [1.807, 2.05) is 0 Å². The second kappa shape index (κ2) is 25.4. The van der Waals surface area contributed by atoms with E-state index in [0.717, 1.165) is 27.7 Å². The lowest BCUT2D eigenvalue weighted by Gasteiger charge is -2.23. The Balaban J connectivity index is 6.00. The van der Waals surface area contributed by atoms with Crippen molar-refractivity contribution >= 4 is 81.7 Å². The monoisotopic (exact) mass is 806 g/mol. The standard InChI is InChI=1S/C37H54N6O14/c1-18(44)12-26(22(5)48)38-34(54)16-30(36(56)42-28(24(7)50)14-20(3)46)40-32(52)10-9-11-33(53)41-31(37(57)43-29(25(8)51)15-21(4)47)17-35(55)39-27(23(6)49)13-19(2)45/h26-31H,9-17H2,1-8H3,(H,38,54)(H,39,55)(H,40,52)(H,41,53)(H,42,56)(H,43,57). The molecule has 6 unspecified atom stereocenters. The third-order valence-electron chi connectivity index (χ3n) is 8.12. The number of amides is 6. The lowest BCUT2D eigenvalue weighted by atomic mass is 10.0. The number of carbonyl (C=O) groups excluding carboxylic acids is 14. The third-order valence-corrected chi connectivity index (χ3v) is 8.12. The summed E-state index contributed by atoms with van der Waals surface area (Å²) in [6.45, 7) is 9.27. The van der Waals surface area contributed by atoms with Crippen molar-refractivity contribution in [1.82, 2.24) is 31.9 Å².